The number of carbonyl (C=O) groups excluding carboxylic acids is 3. The van der Waals surface area contributed by atoms with Gasteiger partial charge in [0.15, 0.2) is 0 Å². The van der Waals surface area contributed by atoms with Crippen molar-refractivity contribution in [2.75, 3.05) is 18.9 Å². The number of nitrogens with zero attached hydrogens (tertiary/aromatic N) is 2. The average Bonchev–Trinajstić information content (AvgIpc) is 2.57. The van der Waals surface area contributed by atoms with Crippen LogP contribution >= 0.6 is 11.8 Å². The molecule has 9 heteroatoms. The molecule has 0 aliphatic carbocycles. The van der Waals surface area contributed by atoms with E-state index in [0.29, 0.717) is 10.7 Å². The van der Waals surface area contributed by atoms with E-state index in [4.69, 9.17) is 4.74 Å². The number of nitriles is 1. The molecular formula is C17H22N4O4S. The Morgan fingerprint density at radius 1 is 1.35 bits per heavy atom. The van der Waals surface area contributed by atoms with Crippen LogP contribution in [-0.4, -0.2) is 47.7 Å². The highest BCUT2D eigenvalue weighted by Crippen LogP contribution is 2.23. The van der Waals surface area contributed by atoms with Crippen molar-refractivity contribution in [3.8, 4) is 6.07 Å². The van der Waals surface area contributed by atoms with E-state index in [9.17, 15) is 19.6 Å². The first kappa shape index (κ1) is 21.4. The summed E-state index contributed by atoms with van der Waals surface area (Å²) in [6.07, 6.45) is 0. The van der Waals surface area contributed by atoms with Gasteiger partial charge in [-0.25, -0.2) is 9.78 Å². The maximum absolute atomic E-state index is 11.9. The summed E-state index contributed by atoms with van der Waals surface area (Å²) >= 11 is 1.06. The fourth-order valence-corrected chi connectivity index (χ4v) is 2.76. The molecule has 0 bridgehead atoms. The van der Waals surface area contributed by atoms with Gasteiger partial charge in [0.05, 0.1) is 35.7 Å². The molecule has 0 aromatic carbocycles. The lowest BCUT2D eigenvalue weighted by atomic mass is 10.1. The summed E-state index contributed by atoms with van der Waals surface area (Å²) < 4.78 is 4.93. The molecule has 140 valence electrons. The summed E-state index contributed by atoms with van der Waals surface area (Å²) in [6, 6.07) is 3.38. The van der Waals surface area contributed by atoms with Crippen molar-refractivity contribution in [1.82, 2.24) is 15.6 Å². The molecule has 2 N–H and O–H groups in total. The molecule has 0 radical (unpaired) electrons. The third kappa shape index (κ3) is 6.72. The minimum atomic E-state index is -0.542. The smallest absolute Gasteiger partial charge is 0.340 e. The fourth-order valence-electron chi connectivity index (χ4n) is 1.93. The predicted molar refractivity (Wildman–Crippen MR) is 96.7 cm³/mol. The summed E-state index contributed by atoms with van der Waals surface area (Å²) in [4.78, 5) is 39.4. The van der Waals surface area contributed by atoms with Crippen molar-refractivity contribution in [1.29, 1.82) is 5.26 Å². The van der Waals surface area contributed by atoms with Crippen LogP contribution < -0.4 is 10.6 Å². The number of nitrogens with one attached hydrogen (secondary N) is 2. The lowest BCUT2D eigenvalue weighted by Gasteiger charge is -2.10. The van der Waals surface area contributed by atoms with Crippen LogP contribution in [0.15, 0.2) is 11.1 Å². The zero-order valence-electron chi connectivity index (χ0n) is 15.2. The number of pyridine rings is 1. The van der Waals surface area contributed by atoms with Crippen LogP contribution in [0.25, 0.3) is 0 Å². The molecule has 0 fully saturated rings. The molecule has 0 aliphatic heterocycles. The standard InChI is InChI=1S/C17H22N4O4S/c1-5-25-17(24)13-6-12(7-18)16(21-11(13)4)26-9-15(23)19-8-14(22)20-10(2)3/h6,10H,5,8-9H2,1-4H3,(H,19,23)(H,20,22). The minimum Gasteiger partial charge on any atom is -0.462 e. The third-order valence-electron chi connectivity index (χ3n) is 3.03. The number of aryl methyl sites for hydroxylation is 1. The Morgan fingerprint density at radius 2 is 2.04 bits per heavy atom. The lowest BCUT2D eigenvalue weighted by molar-refractivity contribution is -0.125. The zero-order valence-corrected chi connectivity index (χ0v) is 16.0. The first-order valence-electron chi connectivity index (χ1n) is 8.06. The quantitative estimate of drug-likeness (QED) is 0.514. The zero-order chi connectivity index (χ0) is 19.7. The number of ether oxygens (including phenoxy) is 1. The van der Waals surface area contributed by atoms with Gasteiger partial charge in [-0.2, -0.15) is 5.26 Å². The van der Waals surface area contributed by atoms with Gasteiger partial charge in [0, 0.05) is 6.04 Å². The molecule has 1 aromatic heterocycles. The van der Waals surface area contributed by atoms with E-state index in [0.717, 1.165) is 11.8 Å². The Morgan fingerprint density at radius 3 is 2.62 bits per heavy atom. The van der Waals surface area contributed by atoms with Crippen molar-refractivity contribution in [3.63, 3.8) is 0 Å². The van der Waals surface area contributed by atoms with Crippen LogP contribution in [0.1, 0.15) is 42.4 Å². The van der Waals surface area contributed by atoms with Crippen molar-refractivity contribution in [3.05, 3.63) is 22.9 Å². The van der Waals surface area contributed by atoms with E-state index in [1.54, 1.807) is 13.8 Å². The number of carbonyl (C=O) groups is 3. The van der Waals surface area contributed by atoms with E-state index >= 15 is 0 Å². The van der Waals surface area contributed by atoms with Crippen molar-refractivity contribution < 1.29 is 19.1 Å². The van der Waals surface area contributed by atoms with Crippen molar-refractivity contribution >= 4 is 29.5 Å². The molecule has 1 aromatic rings. The Balaban J connectivity index is 2.71. The molecule has 0 saturated carbocycles. The second-order valence-corrected chi connectivity index (χ2v) is 6.56. The number of aromatic nitrogens is 1. The van der Waals surface area contributed by atoms with Gasteiger partial charge in [0.2, 0.25) is 11.8 Å². The summed E-state index contributed by atoms with van der Waals surface area (Å²) in [6.45, 7) is 7.09. The SMILES string of the molecule is CCOC(=O)c1cc(C#N)c(SCC(=O)NCC(=O)NC(C)C)nc1C. The van der Waals surface area contributed by atoms with Crippen LogP contribution in [0, 0.1) is 18.3 Å². The van der Waals surface area contributed by atoms with E-state index in [1.807, 2.05) is 19.9 Å². The van der Waals surface area contributed by atoms with Gasteiger partial charge in [0.1, 0.15) is 11.1 Å². The van der Waals surface area contributed by atoms with Gasteiger partial charge in [0.25, 0.3) is 0 Å². The summed E-state index contributed by atoms with van der Waals surface area (Å²) in [5, 5.41) is 14.8. The molecule has 0 aliphatic rings. The highest BCUT2D eigenvalue weighted by atomic mass is 32.2. The van der Waals surface area contributed by atoms with Gasteiger partial charge in [-0.15, -0.1) is 0 Å². The maximum Gasteiger partial charge on any atom is 0.340 e. The largest absolute Gasteiger partial charge is 0.462 e. The Kier molecular flexibility index (Phi) is 8.58. The van der Waals surface area contributed by atoms with Crippen LogP contribution in [0.5, 0.6) is 0 Å². The molecule has 0 saturated heterocycles. The average molecular weight is 378 g/mol. The highest BCUT2D eigenvalue weighted by molar-refractivity contribution is 8.00. The molecule has 0 atom stereocenters. The van der Waals surface area contributed by atoms with Crippen LogP contribution in [0.4, 0.5) is 0 Å². The number of rotatable bonds is 8. The van der Waals surface area contributed by atoms with Gasteiger partial charge in [-0.3, -0.25) is 9.59 Å². The third-order valence-corrected chi connectivity index (χ3v) is 4.02. The Hall–Kier alpha value is -2.60. The lowest BCUT2D eigenvalue weighted by Crippen LogP contribution is -2.40. The normalized spacial score (nSPS) is 10.2. The van der Waals surface area contributed by atoms with Crippen LogP contribution in [0.3, 0.4) is 0 Å². The number of amides is 2. The molecule has 26 heavy (non-hydrogen) atoms. The van der Waals surface area contributed by atoms with E-state index < -0.39 is 5.97 Å². The van der Waals surface area contributed by atoms with Crippen molar-refractivity contribution in [2.45, 2.75) is 38.8 Å². The van der Waals surface area contributed by atoms with Crippen LogP contribution in [0.2, 0.25) is 0 Å². The summed E-state index contributed by atoms with van der Waals surface area (Å²) in [7, 11) is 0. The van der Waals surface area contributed by atoms with E-state index in [2.05, 4.69) is 15.6 Å². The van der Waals surface area contributed by atoms with Crippen LogP contribution in [-0.2, 0) is 14.3 Å². The van der Waals surface area contributed by atoms with E-state index in [1.165, 1.54) is 6.07 Å². The molecule has 0 spiro atoms. The molecule has 1 heterocycles. The number of hydrogen-bond donors (Lipinski definition) is 2. The van der Waals surface area contributed by atoms with Gasteiger partial charge in [-0.05, 0) is 33.8 Å². The molecular weight excluding hydrogens is 356 g/mol. The number of thioether (sulfide) groups is 1. The number of esters is 1. The van der Waals surface area contributed by atoms with Crippen molar-refractivity contribution in [2.24, 2.45) is 0 Å². The topological polar surface area (TPSA) is 121 Å². The first-order valence-corrected chi connectivity index (χ1v) is 9.04. The second-order valence-electron chi connectivity index (χ2n) is 5.59. The monoisotopic (exact) mass is 378 g/mol. The number of hydrogen-bond acceptors (Lipinski definition) is 7. The summed E-state index contributed by atoms with van der Waals surface area (Å²) in [5.41, 5.74) is 0.832. The molecule has 8 nitrogen and oxygen atoms in total. The molecule has 2 amide bonds. The fraction of sp³-hybridized carbons (Fsp3) is 0.471. The second kappa shape index (κ2) is 10.4. The van der Waals surface area contributed by atoms with Gasteiger partial charge in [-0.1, -0.05) is 11.8 Å². The first-order chi connectivity index (χ1) is 12.3. The Labute approximate surface area is 156 Å². The van der Waals surface area contributed by atoms with Gasteiger partial charge < -0.3 is 15.4 Å². The van der Waals surface area contributed by atoms with E-state index in [-0.39, 0.29) is 47.9 Å². The van der Waals surface area contributed by atoms with Gasteiger partial charge >= 0.3 is 5.97 Å². The summed E-state index contributed by atoms with van der Waals surface area (Å²) in [5.74, 6) is -1.18. The predicted octanol–water partition coefficient (Wildman–Crippen LogP) is 1.17. The minimum absolute atomic E-state index is 0.00273. The molecule has 1 rings (SSSR count). The highest BCUT2D eigenvalue weighted by Gasteiger charge is 2.17. The Bertz CT molecular complexity index is 728. The molecule has 0 unspecified atom stereocenters. The maximum atomic E-state index is 11.9.